The Kier molecular flexibility index (Phi) is 11.6. The van der Waals surface area contributed by atoms with Crippen LogP contribution in [0.2, 0.25) is 12.1 Å². The first-order valence-electron chi connectivity index (χ1n) is 16.2. The number of allylic oxidation sites excluding steroid dienone is 4. The summed E-state index contributed by atoms with van der Waals surface area (Å²) < 4.78 is 0. The minimum absolute atomic E-state index is 0.171. The highest BCUT2D eigenvalue weighted by atomic mass is 28.3. The number of benzene rings is 4. The first kappa shape index (κ1) is 34.3. The molecule has 0 saturated carbocycles. The maximum absolute atomic E-state index is 14.0. The minimum atomic E-state index is -2.60. The summed E-state index contributed by atoms with van der Waals surface area (Å²) in [6, 6.07) is 42.7. The molecule has 0 fully saturated rings. The van der Waals surface area contributed by atoms with Crippen molar-refractivity contribution in [2.24, 2.45) is 0 Å². The van der Waals surface area contributed by atoms with Crippen LogP contribution >= 0.6 is 0 Å². The van der Waals surface area contributed by atoms with E-state index in [-0.39, 0.29) is 31.8 Å². The van der Waals surface area contributed by atoms with Gasteiger partial charge in [0.05, 0.1) is 13.2 Å². The maximum Gasteiger partial charge on any atom is 0.202 e. The van der Waals surface area contributed by atoms with Crippen LogP contribution in [0.4, 0.5) is 0 Å². The van der Waals surface area contributed by atoms with Gasteiger partial charge >= 0.3 is 0 Å². The van der Waals surface area contributed by atoms with Gasteiger partial charge in [-0.2, -0.15) is 0 Å². The molecule has 0 saturated heterocycles. The lowest BCUT2D eigenvalue weighted by atomic mass is 10.0. The molecule has 0 unspecified atom stereocenters. The Morgan fingerprint density at radius 1 is 0.500 bits per heavy atom. The van der Waals surface area contributed by atoms with Crippen LogP contribution in [0.3, 0.4) is 0 Å². The van der Waals surface area contributed by atoms with Gasteiger partial charge in [0.2, 0.25) is 16.1 Å². The van der Waals surface area contributed by atoms with Crippen molar-refractivity contribution < 1.29 is 15.0 Å². The average Bonchev–Trinajstić information content (AvgIpc) is 3.41. The van der Waals surface area contributed by atoms with Gasteiger partial charge in [-0.3, -0.25) is 4.79 Å². The number of carbonyl (C=O) groups excluding carboxylic acids is 1. The van der Waals surface area contributed by atoms with Crippen LogP contribution < -0.4 is 20.7 Å². The average molecular weight is 661 g/mol. The molecule has 0 heterocycles. The first-order chi connectivity index (χ1) is 23.5. The molecule has 5 rings (SSSR count). The monoisotopic (exact) mass is 660 g/mol. The number of carbonyl (C=O) groups is 1. The fourth-order valence-corrected chi connectivity index (χ4v) is 13.7. The van der Waals surface area contributed by atoms with Gasteiger partial charge < -0.3 is 10.2 Å². The van der Waals surface area contributed by atoms with Crippen molar-refractivity contribution in [3.63, 3.8) is 0 Å². The second-order valence-corrected chi connectivity index (χ2v) is 19.0. The quantitative estimate of drug-likeness (QED) is 0.129. The van der Waals surface area contributed by atoms with E-state index in [1.165, 1.54) is 20.7 Å². The molecule has 238 valence electrons. The Morgan fingerprint density at radius 2 is 0.792 bits per heavy atom. The number of aliphatic hydroxyl groups is 2. The normalized spacial score (nSPS) is 13.0. The number of aliphatic hydroxyl groups excluding tert-OH is 2. The molecule has 48 heavy (non-hydrogen) atoms. The van der Waals surface area contributed by atoms with Crippen molar-refractivity contribution in [3.05, 3.63) is 169 Å². The maximum atomic E-state index is 14.0. The van der Waals surface area contributed by atoms with Crippen LogP contribution in [0, 0.1) is 22.9 Å². The van der Waals surface area contributed by atoms with Gasteiger partial charge in [-0.1, -0.05) is 133 Å². The van der Waals surface area contributed by atoms with Crippen molar-refractivity contribution in [1.29, 1.82) is 0 Å². The van der Waals surface area contributed by atoms with E-state index in [9.17, 15) is 15.0 Å². The fraction of sp³-hybridized carbons (Fsp3) is 0.140. The van der Waals surface area contributed by atoms with Crippen molar-refractivity contribution in [1.82, 2.24) is 0 Å². The Bertz CT molecular complexity index is 1720. The molecule has 0 bridgehead atoms. The molecule has 0 aromatic heterocycles. The van der Waals surface area contributed by atoms with E-state index in [0.29, 0.717) is 34.4 Å². The molecule has 0 aliphatic heterocycles. The molecule has 2 N–H and O–H groups in total. The minimum Gasteiger partial charge on any atom is -0.392 e. The van der Waals surface area contributed by atoms with Crippen molar-refractivity contribution >= 4 is 42.7 Å². The highest BCUT2D eigenvalue weighted by Gasteiger charge is 2.37. The van der Waals surface area contributed by atoms with Gasteiger partial charge in [-0.05, 0) is 44.0 Å². The smallest absolute Gasteiger partial charge is 0.202 e. The lowest BCUT2D eigenvalue weighted by Gasteiger charge is -2.26. The third-order valence-corrected chi connectivity index (χ3v) is 17.3. The Hall–Kier alpha value is -5.02. The molecule has 3 nitrogen and oxygen atoms in total. The molecule has 0 spiro atoms. The lowest BCUT2D eigenvalue weighted by Crippen LogP contribution is -2.57. The van der Waals surface area contributed by atoms with Crippen LogP contribution in [0.1, 0.15) is 12.8 Å². The summed E-state index contributed by atoms with van der Waals surface area (Å²) in [7, 11) is -5.19. The topological polar surface area (TPSA) is 57.5 Å². The molecule has 0 amide bonds. The third-order valence-electron chi connectivity index (χ3n) is 9.06. The zero-order valence-electron chi connectivity index (χ0n) is 27.2. The zero-order chi connectivity index (χ0) is 33.8. The molecule has 4 aromatic rings. The van der Waals surface area contributed by atoms with Crippen LogP contribution in [-0.2, 0) is 4.79 Å². The van der Waals surface area contributed by atoms with Crippen LogP contribution in [0.5, 0.6) is 0 Å². The highest BCUT2D eigenvalue weighted by Crippen LogP contribution is 2.32. The largest absolute Gasteiger partial charge is 0.392 e. The summed E-state index contributed by atoms with van der Waals surface area (Å²) in [6.07, 6.45) is 4.21. The van der Waals surface area contributed by atoms with Gasteiger partial charge in [0.25, 0.3) is 0 Å². The second-order valence-electron chi connectivity index (χ2n) is 11.8. The van der Waals surface area contributed by atoms with Gasteiger partial charge in [-0.15, -0.1) is 36.1 Å². The summed E-state index contributed by atoms with van der Waals surface area (Å²) in [5.41, 5.74) is 9.12. The summed E-state index contributed by atoms with van der Waals surface area (Å²) in [5.74, 6) is 6.55. The Morgan fingerprint density at radius 3 is 1.04 bits per heavy atom. The van der Waals surface area contributed by atoms with E-state index in [4.69, 9.17) is 0 Å². The number of hydrogen-bond donors (Lipinski definition) is 2. The molecular weight excluding hydrogens is 621 g/mol. The van der Waals surface area contributed by atoms with Gasteiger partial charge in [0.15, 0.2) is 5.78 Å². The summed E-state index contributed by atoms with van der Waals surface area (Å²) in [6.45, 7) is 7.42. The van der Waals surface area contributed by atoms with Crippen molar-refractivity contribution in [2.75, 3.05) is 13.2 Å². The van der Waals surface area contributed by atoms with Gasteiger partial charge in [0, 0.05) is 24.0 Å². The molecule has 0 radical (unpaired) electrons. The Balaban J connectivity index is 1.50. The number of Topliss-reactive ketones (excluding diaryl/α,β-unsaturated/α-hetero) is 1. The number of rotatable bonds is 12. The first-order valence-corrected chi connectivity index (χ1v) is 20.6. The van der Waals surface area contributed by atoms with Crippen molar-refractivity contribution in [3.8, 4) is 22.9 Å². The van der Waals surface area contributed by atoms with E-state index < -0.39 is 16.1 Å². The second kappa shape index (κ2) is 16.2. The Labute approximate surface area is 286 Å². The molecule has 4 aromatic carbocycles. The SMILES string of the molecule is C=CC[Si](C#CCC1=C(CO)C(CO)=C(CC#C[Si](CC=C)(c2ccccc2)c2ccccc2)C1=O)(c1ccccc1)c1ccccc1. The standard InChI is InChI=1S/C43H40O3Si2/c1-3-29-47(35-19-9-5-10-20-35,36-21-11-6-12-22-36)31-17-27-39-41(33-44)42(34-45)40(43(39)46)28-18-32-48(30-4-2,37-23-13-7-14-24-37)38-25-15-8-16-26-38/h3-16,19-26,44-45H,1-2,27-30,33-34H2. The summed E-state index contributed by atoms with van der Waals surface area (Å²) in [4.78, 5) is 14.0. The fourth-order valence-electron chi connectivity index (χ4n) is 6.66. The van der Waals surface area contributed by atoms with E-state index in [0.717, 1.165) is 0 Å². The summed E-state index contributed by atoms with van der Waals surface area (Å²) >= 11 is 0. The highest BCUT2D eigenvalue weighted by molar-refractivity contribution is 7.09. The molecule has 5 heteroatoms. The van der Waals surface area contributed by atoms with Crippen LogP contribution in [-0.4, -0.2) is 45.4 Å². The zero-order valence-corrected chi connectivity index (χ0v) is 29.2. The predicted molar refractivity (Wildman–Crippen MR) is 204 cm³/mol. The van der Waals surface area contributed by atoms with E-state index in [1.807, 2.05) is 84.9 Å². The predicted octanol–water partition coefficient (Wildman–Crippen LogP) is 4.91. The summed E-state index contributed by atoms with van der Waals surface area (Å²) in [5, 5.41) is 25.6. The third kappa shape index (κ3) is 6.97. The van der Waals surface area contributed by atoms with Crippen LogP contribution in [0.25, 0.3) is 0 Å². The molecule has 0 atom stereocenters. The van der Waals surface area contributed by atoms with Crippen LogP contribution in [0.15, 0.2) is 169 Å². The molecule has 1 aliphatic carbocycles. The van der Waals surface area contributed by atoms with Gasteiger partial charge in [0.1, 0.15) is 0 Å². The van der Waals surface area contributed by atoms with E-state index in [2.05, 4.69) is 84.6 Å². The number of hydrogen-bond acceptors (Lipinski definition) is 3. The van der Waals surface area contributed by atoms with Crippen molar-refractivity contribution in [2.45, 2.75) is 24.9 Å². The molecule has 1 aliphatic rings. The van der Waals surface area contributed by atoms with E-state index >= 15 is 0 Å². The van der Waals surface area contributed by atoms with Gasteiger partial charge in [-0.25, -0.2) is 0 Å². The van der Waals surface area contributed by atoms with E-state index in [1.54, 1.807) is 0 Å². The molecular formula is C43H40O3Si2. The lowest BCUT2D eigenvalue weighted by molar-refractivity contribution is -0.112. The number of ketones is 1.